The van der Waals surface area contributed by atoms with Crippen LogP contribution >= 0.6 is 0 Å². The molecular formula is C7H10O2. The van der Waals surface area contributed by atoms with Gasteiger partial charge in [0.05, 0.1) is 12.7 Å². The number of ether oxygens (including phenoxy) is 2. The predicted octanol–water partition coefficient (Wildman–Crippen LogP) is 0.993. The molecule has 1 unspecified atom stereocenters. The van der Waals surface area contributed by atoms with Crippen molar-refractivity contribution in [3.63, 3.8) is 0 Å². The SMILES string of the molecule is [CH]C1COC2(CCC2)O1. The molecule has 1 saturated heterocycles. The van der Waals surface area contributed by atoms with Crippen LogP contribution in [0.25, 0.3) is 0 Å². The third-order valence-corrected chi connectivity index (χ3v) is 1.99. The normalized spacial score (nSPS) is 39.0. The first-order valence-electron chi connectivity index (χ1n) is 3.38. The molecule has 1 saturated carbocycles. The third kappa shape index (κ3) is 0.775. The molecule has 1 aliphatic heterocycles. The van der Waals surface area contributed by atoms with Gasteiger partial charge in [-0.05, 0) is 13.3 Å². The second-order valence-electron chi connectivity index (χ2n) is 2.73. The smallest absolute Gasteiger partial charge is 0.168 e. The fourth-order valence-electron chi connectivity index (χ4n) is 1.31. The maximum Gasteiger partial charge on any atom is 0.168 e. The second kappa shape index (κ2) is 1.70. The van der Waals surface area contributed by atoms with Crippen LogP contribution in [0.4, 0.5) is 0 Å². The molecule has 50 valence electrons. The fraction of sp³-hybridized carbons (Fsp3) is 0.857. The zero-order chi connectivity index (χ0) is 6.32. The van der Waals surface area contributed by atoms with Crippen LogP contribution in [-0.2, 0) is 9.47 Å². The van der Waals surface area contributed by atoms with E-state index in [1.54, 1.807) is 0 Å². The van der Waals surface area contributed by atoms with Gasteiger partial charge in [-0.2, -0.15) is 0 Å². The minimum absolute atomic E-state index is 0.176. The average molecular weight is 126 g/mol. The largest absolute Gasteiger partial charge is 0.347 e. The Hall–Kier alpha value is -0.0800. The highest BCUT2D eigenvalue weighted by Gasteiger charge is 2.45. The van der Waals surface area contributed by atoms with E-state index in [4.69, 9.17) is 16.4 Å². The summed E-state index contributed by atoms with van der Waals surface area (Å²) in [7, 11) is 0. The van der Waals surface area contributed by atoms with Gasteiger partial charge in [0.1, 0.15) is 0 Å². The van der Waals surface area contributed by atoms with E-state index in [-0.39, 0.29) is 11.9 Å². The quantitative estimate of drug-likeness (QED) is 0.482. The first-order chi connectivity index (χ1) is 4.31. The van der Waals surface area contributed by atoms with Gasteiger partial charge in [-0.15, -0.1) is 0 Å². The van der Waals surface area contributed by atoms with Crippen molar-refractivity contribution in [1.29, 1.82) is 0 Å². The zero-order valence-electron chi connectivity index (χ0n) is 5.30. The lowest BCUT2D eigenvalue weighted by Crippen LogP contribution is -2.38. The van der Waals surface area contributed by atoms with Gasteiger partial charge < -0.3 is 9.47 Å². The van der Waals surface area contributed by atoms with E-state index in [2.05, 4.69) is 0 Å². The van der Waals surface area contributed by atoms with Crippen molar-refractivity contribution >= 4 is 0 Å². The Bertz CT molecular complexity index is 118. The van der Waals surface area contributed by atoms with Crippen molar-refractivity contribution in [1.82, 2.24) is 0 Å². The highest BCUT2D eigenvalue weighted by atomic mass is 16.7. The van der Waals surface area contributed by atoms with Crippen LogP contribution in [0, 0.1) is 6.92 Å². The maximum atomic E-state index is 5.47. The highest BCUT2D eigenvalue weighted by Crippen LogP contribution is 2.41. The lowest BCUT2D eigenvalue weighted by Gasteiger charge is -2.35. The molecule has 2 rings (SSSR count). The standard InChI is InChI=1S/C7H10O2/c1-6-5-8-7(9-6)3-2-4-7/h1,6H,2-5H2. The van der Waals surface area contributed by atoms with E-state index >= 15 is 0 Å². The fourth-order valence-corrected chi connectivity index (χ4v) is 1.31. The number of hydrogen-bond donors (Lipinski definition) is 0. The van der Waals surface area contributed by atoms with Crippen LogP contribution in [0.3, 0.4) is 0 Å². The van der Waals surface area contributed by atoms with Crippen molar-refractivity contribution in [2.75, 3.05) is 6.61 Å². The van der Waals surface area contributed by atoms with Gasteiger partial charge in [-0.25, -0.2) is 0 Å². The molecule has 0 amide bonds. The minimum Gasteiger partial charge on any atom is -0.347 e. The average Bonchev–Trinajstić information content (AvgIpc) is 2.09. The van der Waals surface area contributed by atoms with E-state index in [0.29, 0.717) is 6.61 Å². The van der Waals surface area contributed by atoms with E-state index in [1.165, 1.54) is 6.42 Å². The van der Waals surface area contributed by atoms with Crippen molar-refractivity contribution in [2.45, 2.75) is 31.2 Å². The molecule has 1 aliphatic carbocycles. The van der Waals surface area contributed by atoms with Crippen LogP contribution in [0.15, 0.2) is 0 Å². The summed E-state index contributed by atoms with van der Waals surface area (Å²) in [6.07, 6.45) is 3.10. The number of hydrogen-bond acceptors (Lipinski definition) is 2. The van der Waals surface area contributed by atoms with Gasteiger partial charge in [0.2, 0.25) is 0 Å². The van der Waals surface area contributed by atoms with Gasteiger partial charge in [-0.3, -0.25) is 0 Å². The van der Waals surface area contributed by atoms with Crippen molar-refractivity contribution in [3.05, 3.63) is 6.92 Å². The summed E-state index contributed by atoms with van der Waals surface area (Å²) < 4.78 is 10.7. The molecule has 2 fully saturated rings. The molecule has 0 bridgehead atoms. The Morgan fingerprint density at radius 2 is 2.22 bits per heavy atom. The zero-order valence-corrected chi connectivity index (χ0v) is 5.30. The summed E-state index contributed by atoms with van der Waals surface area (Å²) in [5.74, 6) is -0.237. The summed E-state index contributed by atoms with van der Waals surface area (Å²) >= 11 is 0. The lowest BCUT2D eigenvalue weighted by atomic mass is 9.91. The summed E-state index contributed by atoms with van der Waals surface area (Å²) in [4.78, 5) is 0. The highest BCUT2D eigenvalue weighted by molar-refractivity contribution is 4.87. The van der Waals surface area contributed by atoms with Crippen molar-refractivity contribution in [2.24, 2.45) is 0 Å². The summed E-state index contributed by atoms with van der Waals surface area (Å²) in [5, 5.41) is 0. The molecular weight excluding hydrogens is 116 g/mol. The molecule has 0 aromatic carbocycles. The van der Waals surface area contributed by atoms with Gasteiger partial charge in [0, 0.05) is 12.8 Å². The topological polar surface area (TPSA) is 18.5 Å². The monoisotopic (exact) mass is 126 g/mol. The van der Waals surface area contributed by atoms with E-state index in [0.717, 1.165) is 12.8 Å². The molecule has 0 aromatic heterocycles. The van der Waals surface area contributed by atoms with E-state index in [9.17, 15) is 0 Å². The van der Waals surface area contributed by atoms with Crippen LogP contribution in [-0.4, -0.2) is 18.5 Å². The first-order valence-corrected chi connectivity index (χ1v) is 3.38. The van der Waals surface area contributed by atoms with Crippen LogP contribution in [0.1, 0.15) is 19.3 Å². The molecule has 9 heavy (non-hydrogen) atoms. The molecule has 2 aliphatic rings. The minimum atomic E-state index is -0.237. The molecule has 0 N–H and O–H groups in total. The molecule has 1 spiro atoms. The van der Waals surface area contributed by atoms with Gasteiger partial charge in [-0.1, -0.05) is 0 Å². The maximum absolute atomic E-state index is 5.47. The van der Waals surface area contributed by atoms with E-state index < -0.39 is 0 Å². The molecule has 1 heterocycles. The Labute approximate surface area is 55.1 Å². The molecule has 2 heteroatoms. The Balaban J connectivity index is 1.99. The van der Waals surface area contributed by atoms with Crippen LogP contribution in [0.2, 0.25) is 0 Å². The first kappa shape index (κ1) is 5.69. The summed E-state index contributed by atoms with van der Waals surface area (Å²) in [6, 6.07) is 0. The van der Waals surface area contributed by atoms with Crippen molar-refractivity contribution < 1.29 is 9.47 Å². The molecule has 1 atom stereocenters. The molecule has 2 radical (unpaired) electrons. The predicted molar refractivity (Wildman–Crippen MR) is 31.7 cm³/mol. The Kier molecular flexibility index (Phi) is 1.08. The summed E-state index contributed by atoms with van der Waals surface area (Å²) in [6.45, 7) is 6.04. The van der Waals surface area contributed by atoms with Gasteiger partial charge in [0.25, 0.3) is 0 Å². The summed E-state index contributed by atoms with van der Waals surface area (Å²) in [5.41, 5.74) is 0. The van der Waals surface area contributed by atoms with Gasteiger partial charge in [0.15, 0.2) is 5.79 Å². The van der Waals surface area contributed by atoms with Crippen LogP contribution in [0.5, 0.6) is 0 Å². The van der Waals surface area contributed by atoms with Crippen LogP contribution < -0.4 is 0 Å². The molecule has 0 aromatic rings. The molecule has 2 nitrogen and oxygen atoms in total. The second-order valence-corrected chi connectivity index (χ2v) is 2.73. The van der Waals surface area contributed by atoms with E-state index in [1.807, 2.05) is 0 Å². The lowest BCUT2D eigenvalue weighted by molar-refractivity contribution is -0.212. The van der Waals surface area contributed by atoms with Crippen molar-refractivity contribution in [3.8, 4) is 0 Å². The third-order valence-electron chi connectivity index (χ3n) is 1.99. The van der Waals surface area contributed by atoms with Gasteiger partial charge >= 0.3 is 0 Å². The Morgan fingerprint density at radius 3 is 2.44 bits per heavy atom. The number of rotatable bonds is 0. The Morgan fingerprint density at radius 1 is 1.44 bits per heavy atom.